The van der Waals surface area contributed by atoms with Gasteiger partial charge in [-0.25, -0.2) is 0 Å². The molecule has 0 aliphatic heterocycles. The van der Waals surface area contributed by atoms with Gasteiger partial charge in [0.15, 0.2) is 0 Å². The third-order valence-electron chi connectivity index (χ3n) is 4.09. The van der Waals surface area contributed by atoms with Gasteiger partial charge in [0.1, 0.15) is 5.75 Å². The Balaban J connectivity index is 2.26. The lowest BCUT2D eigenvalue weighted by Crippen LogP contribution is -2.57. The fourth-order valence-electron chi connectivity index (χ4n) is 2.99. The summed E-state index contributed by atoms with van der Waals surface area (Å²) in [5, 5.41) is 3.59. The summed E-state index contributed by atoms with van der Waals surface area (Å²) in [5.74, 6) is 0.843. The predicted octanol–water partition coefficient (Wildman–Crippen LogP) is 2.39. The van der Waals surface area contributed by atoms with Gasteiger partial charge in [-0.05, 0) is 25.0 Å². The van der Waals surface area contributed by atoms with E-state index in [0.717, 1.165) is 24.3 Å². The number of ether oxygens (including phenoxy) is 2. The fourth-order valence-corrected chi connectivity index (χ4v) is 2.99. The summed E-state index contributed by atoms with van der Waals surface area (Å²) in [6.45, 7) is 0.559. The molecule has 1 fully saturated rings. The summed E-state index contributed by atoms with van der Waals surface area (Å²) in [7, 11) is 3.45. The largest absolute Gasteiger partial charge is 0.495 e. The molecule has 4 nitrogen and oxygen atoms in total. The van der Waals surface area contributed by atoms with Crippen molar-refractivity contribution in [2.24, 2.45) is 5.73 Å². The lowest BCUT2D eigenvalue weighted by Gasteiger charge is -2.44. The summed E-state index contributed by atoms with van der Waals surface area (Å²) in [6.07, 6.45) is 4.61. The van der Waals surface area contributed by atoms with Crippen LogP contribution in [0.2, 0.25) is 0 Å². The topological polar surface area (TPSA) is 56.5 Å². The summed E-state index contributed by atoms with van der Waals surface area (Å²) in [5.41, 5.74) is 6.85. The van der Waals surface area contributed by atoms with Gasteiger partial charge >= 0.3 is 0 Å². The van der Waals surface area contributed by atoms with Crippen LogP contribution in [0.3, 0.4) is 0 Å². The van der Waals surface area contributed by atoms with Crippen LogP contribution in [-0.4, -0.2) is 32.4 Å². The predicted molar refractivity (Wildman–Crippen MR) is 77.7 cm³/mol. The van der Waals surface area contributed by atoms with E-state index in [1.165, 1.54) is 12.8 Å². The maximum absolute atomic E-state index is 6.06. The third-order valence-corrected chi connectivity index (χ3v) is 4.09. The molecule has 1 saturated carbocycles. The number of benzene rings is 1. The van der Waals surface area contributed by atoms with Crippen LogP contribution in [0.5, 0.6) is 5.75 Å². The Labute approximate surface area is 115 Å². The molecule has 2 unspecified atom stereocenters. The quantitative estimate of drug-likeness (QED) is 0.857. The molecule has 4 heteroatoms. The van der Waals surface area contributed by atoms with Crippen LogP contribution in [-0.2, 0) is 4.74 Å². The molecule has 0 radical (unpaired) electrons. The van der Waals surface area contributed by atoms with Crippen LogP contribution in [0, 0.1) is 0 Å². The second-order valence-electron chi connectivity index (χ2n) is 5.16. The van der Waals surface area contributed by atoms with E-state index in [4.69, 9.17) is 15.2 Å². The highest BCUT2D eigenvalue weighted by Gasteiger charge is 2.40. The van der Waals surface area contributed by atoms with E-state index in [9.17, 15) is 0 Å². The van der Waals surface area contributed by atoms with E-state index in [-0.39, 0.29) is 11.6 Å². The molecule has 0 spiro atoms. The van der Waals surface area contributed by atoms with Gasteiger partial charge in [0.2, 0.25) is 0 Å². The van der Waals surface area contributed by atoms with E-state index in [1.54, 1.807) is 14.2 Å². The number of hydrogen-bond acceptors (Lipinski definition) is 4. The Morgan fingerprint density at radius 2 is 2.11 bits per heavy atom. The molecule has 1 aromatic carbocycles. The lowest BCUT2D eigenvalue weighted by atomic mass is 9.78. The molecule has 1 aliphatic rings. The molecule has 0 aromatic heterocycles. The van der Waals surface area contributed by atoms with Crippen molar-refractivity contribution in [3.05, 3.63) is 24.3 Å². The van der Waals surface area contributed by atoms with Crippen LogP contribution < -0.4 is 15.8 Å². The van der Waals surface area contributed by atoms with Gasteiger partial charge in [-0.1, -0.05) is 25.0 Å². The van der Waals surface area contributed by atoms with Crippen molar-refractivity contribution in [2.45, 2.75) is 37.3 Å². The molecular formula is C15H24N2O2. The number of methoxy groups -OCH3 is 2. The minimum Gasteiger partial charge on any atom is -0.495 e. The minimum absolute atomic E-state index is 0.149. The molecule has 106 valence electrons. The smallest absolute Gasteiger partial charge is 0.141 e. The number of nitrogens with two attached hydrogens (primary N) is 1. The lowest BCUT2D eigenvalue weighted by molar-refractivity contribution is 0.0190. The summed E-state index contributed by atoms with van der Waals surface area (Å²) in [6, 6.07) is 7.95. The van der Waals surface area contributed by atoms with E-state index in [2.05, 4.69) is 5.32 Å². The van der Waals surface area contributed by atoms with Crippen molar-refractivity contribution in [3.8, 4) is 5.75 Å². The van der Waals surface area contributed by atoms with Gasteiger partial charge in [0, 0.05) is 13.7 Å². The second kappa shape index (κ2) is 6.26. The van der Waals surface area contributed by atoms with Gasteiger partial charge in [0.25, 0.3) is 0 Å². The average molecular weight is 264 g/mol. The SMILES string of the molecule is COc1ccccc1NC1(CN)CCCCC1OC. The summed E-state index contributed by atoms with van der Waals surface area (Å²) in [4.78, 5) is 0. The highest BCUT2D eigenvalue weighted by molar-refractivity contribution is 5.58. The van der Waals surface area contributed by atoms with Gasteiger partial charge in [0.05, 0.1) is 24.4 Å². The molecule has 2 rings (SSSR count). The first-order valence-corrected chi connectivity index (χ1v) is 6.90. The number of anilines is 1. The van der Waals surface area contributed by atoms with Gasteiger partial charge < -0.3 is 20.5 Å². The van der Waals surface area contributed by atoms with Gasteiger partial charge in [-0.2, -0.15) is 0 Å². The van der Waals surface area contributed by atoms with Crippen molar-refractivity contribution in [1.29, 1.82) is 0 Å². The minimum atomic E-state index is -0.193. The van der Waals surface area contributed by atoms with Crippen molar-refractivity contribution in [1.82, 2.24) is 0 Å². The molecular weight excluding hydrogens is 240 g/mol. The highest BCUT2D eigenvalue weighted by atomic mass is 16.5. The zero-order valence-corrected chi connectivity index (χ0v) is 11.8. The molecule has 1 aromatic rings. The van der Waals surface area contributed by atoms with Crippen LogP contribution in [0.4, 0.5) is 5.69 Å². The van der Waals surface area contributed by atoms with Crippen molar-refractivity contribution >= 4 is 5.69 Å². The maximum Gasteiger partial charge on any atom is 0.141 e. The van der Waals surface area contributed by atoms with Crippen LogP contribution in [0.25, 0.3) is 0 Å². The second-order valence-corrected chi connectivity index (χ2v) is 5.16. The molecule has 0 heterocycles. The summed E-state index contributed by atoms with van der Waals surface area (Å²) >= 11 is 0. The maximum atomic E-state index is 6.06. The Hall–Kier alpha value is -1.26. The number of nitrogens with one attached hydrogen (secondary N) is 1. The Morgan fingerprint density at radius 3 is 2.79 bits per heavy atom. The van der Waals surface area contributed by atoms with Crippen LogP contribution >= 0.6 is 0 Å². The molecule has 0 amide bonds. The first-order valence-electron chi connectivity index (χ1n) is 6.90. The number of para-hydroxylation sites is 2. The normalized spacial score (nSPS) is 27.0. The van der Waals surface area contributed by atoms with Gasteiger partial charge in [-0.15, -0.1) is 0 Å². The zero-order chi connectivity index (χ0) is 13.7. The van der Waals surface area contributed by atoms with Crippen molar-refractivity contribution < 1.29 is 9.47 Å². The Bertz CT molecular complexity index is 411. The van der Waals surface area contributed by atoms with Gasteiger partial charge in [-0.3, -0.25) is 0 Å². The van der Waals surface area contributed by atoms with E-state index >= 15 is 0 Å². The first kappa shape index (κ1) is 14.2. The molecule has 0 saturated heterocycles. The summed E-state index contributed by atoms with van der Waals surface area (Å²) < 4.78 is 11.1. The molecule has 19 heavy (non-hydrogen) atoms. The zero-order valence-electron chi connectivity index (χ0n) is 11.8. The van der Waals surface area contributed by atoms with Crippen molar-refractivity contribution in [3.63, 3.8) is 0 Å². The standard InChI is InChI=1S/C15H24N2O2/c1-18-13-8-4-3-7-12(13)17-15(11-16)10-6-5-9-14(15)19-2/h3-4,7-8,14,17H,5-6,9-11,16H2,1-2H3. The van der Waals surface area contributed by atoms with E-state index in [1.807, 2.05) is 24.3 Å². The highest BCUT2D eigenvalue weighted by Crippen LogP contribution is 2.35. The molecule has 1 aliphatic carbocycles. The molecule has 3 N–H and O–H groups in total. The monoisotopic (exact) mass is 264 g/mol. The Morgan fingerprint density at radius 1 is 1.32 bits per heavy atom. The van der Waals surface area contributed by atoms with E-state index < -0.39 is 0 Å². The Kier molecular flexibility index (Phi) is 4.66. The molecule has 2 atom stereocenters. The van der Waals surface area contributed by atoms with Crippen molar-refractivity contribution in [2.75, 3.05) is 26.1 Å². The van der Waals surface area contributed by atoms with Crippen LogP contribution in [0.1, 0.15) is 25.7 Å². The third kappa shape index (κ3) is 2.85. The average Bonchev–Trinajstić information content (AvgIpc) is 2.48. The first-order chi connectivity index (χ1) is 9.25. The fraction of sp³-hybridized carbons (Fsp3) is 0.600. The number of hydrogen-bond donors (Lipinski definition) is 2. The van der Waals surface area contributed by atoms with Crippen LogP contribution in [0.15, 0.2) is 24.3 Å². The van der Waals surface area contributed by atoms with E-state index in [0.29, 0.717) is 6.54 Å². The molecule has 0 bridgehead atoms. The number of rotatable bonds is 5.